The van der Waals surface area contributed by atoms with Crippen LogP contribution in [0.4, 0.5) is 0 Å². The smallest absolute Gasteiger partial charge is 0.360 e. The highest BCUT2D eigenvalue weighted by atomic mass is 32.2. The van der Waals surface area contributed by atoms with Crippen molar-refractivity contribution in [2.75, 3.05) is 6.61 Å². The Kier molecular flexibility index (Phi) is 3.64. The summed E-state index contributed by atoms with van der Waals surface area (Å²) in [5.41, 5.74) is -0.348. The lowest BCUT2D eigenvalue weighted by molar-refractivity contribution is 0.0515. The zero-order valence-electron chi connectivity index (χ0n) is 9.81. The van der Waals surface area contributed by atoms with Crippen LogP contribution in [0.1, 0.15) is 17.4 Å². The Labute approximate surface area is 112 Å². The van der Waals surface area contributed by atoms with Crippen LogP contribution in [0.5, 0.6) is 0 Å². The van der Waals surface area contributed by atoms with E-state index in [-0.39, 0.29) is 12.3 Å². The molecule has 0 aliphatic carbocycles. The molecule has 0 aliphatic heterocycles. The van der Waals surface area contributed by atoms with Gasteiger partial charge >= 0.3 is 5.97 Å². The number of sulfonamides is 1. The summed E-state index contributed by atoms with van der Waals surface area (Å²) in [6.07, 6.45) is 2.67. The van der Waals surface area contributed by atoms with Gasteiger partial charge in [0.1, 0.15) is 6.33 Å². The molecular weight excluding hydrogens is 292 g/mol. The van der Waals surface area contributed by atoms with Crippen LogP contribution in [0.25, 0.3) is 5.13 Å². The van der Waals surface area contributed by atoms with E-state index in [0.29, 0.717) is 5.13 Å². The van der Waals surface area contributed by atoms with E-state index in [9.17, 15) is 13.2 Å². The second-order valence-corrected chi connectivity index (χ2v) is 5.70. The van der Waals surface area contributed by atoms with Crippen LogP contribution in [-0.4, -0.2) is 35.5 Å². The first-order chi connectivity index (χ1) is 8.95. The van der Waals surface area contributed by atoms with E-state index < -0.39 is 21.0 Å². The fourth-order valence-corrected chi connectivity index (χ4v) is 2.91. The fraction of sp³-hybridized carbons (Fsp3) is 0.222. The third kappa shape index (κ3) is 2.64. The monoisotopic (exact) mass is 302 g/mol. The molecule has 0 aromatic carbocycles. The van der Waals surface area contributed by atoms with Crippen molar-refractivity contribution in [3.8, 4) is 5.13 Å². The van der Waals surface area contributed by atoms with Crippen molar-refractivity contribution in [3.63, 3.8) is 0 Å². The third-order valence-corrected chi connectivity index (χ3v) is 3.79. The van der Waals surface area contributed by atoms with Crippen molar-refractivity contribution in [3.05, 3.63) is 23.6 Å². The lowest BCUT2D eigenvalue weighted by atomic mass is 10.5. The standard InChI is InChI=1S/C9H10N4O4S2/c1-2-17-8(14)6-7(19(10,15)16)13(5-12-6)9-11-3-4-18-9/h3-5H,2H2,1H3,(H2,10,15,16). The summed E-state index contributed by atoms with van der Waals surface area (Å²) in [5.74, 6) is -0.846. The van der Waals surface area contributed by atoms with Crippen LogP contribution >= 0.6 is 11.3 Å². The molecule has 19 heavy (non-hydrogen) atoms. The van der Waals surface area contributed by atoms with Crippen LogP contribution in [0.3, 0.4) is 0 Å². The van der Waals surface area contributed by atoms with Crippen LogP contribution in [0.2, 0.25) is 0 Å². The fourth-order valence-electron chi connectivity index (χ4n) is 1.42. The average Bonchev–Trinajstić information content (AvgIpc) is 2.97. The molecule has 0 saturated heterocycles. The number of hydrogen-bond donors (Lipinski definition) is 1. The van der Waals surface area contributed by atoms with Gasteiger partial charge in [-0.15, -0.1) is 11.3 Å². The van der Waals surface area contributed by atoms with Crippen molar-refractivity contribution >= 4 is 27.3 Å². The zero-order valence-corrected chi connectivity index (χ0v) is 11.4. The van der Waals surface area contributed by atoms with E-state index in [4.69, 9.17) is 9.88 Å². The van der Waals surface area contributed by atoms with Crippen molar-refractivity contribution in [1.29, 1.82) is 0 Å². The summed E-state index contributed by atoms with van der Waals surface area (Å²) in [6, 6.07) is 0. The van der Waals surface area contributed by atoms with Crippen LogP contribution in [-0.2, 0) is 14.8 Å². The highest BCUT2D eigenvalue weighted by molar-refractivity contribution is 7.89. The first kappa shape index (κ1) is 13.6. The van der Waals surface area contributed by atoms with Crippen LogP contribution < -0.4 is 5.14 Å². The van der Waals surface area contributed by atoms with E-state index in [0.717, 1.165) is 4.57 Å². The maximum atomic E-state index is 11.7. The van der Waals surface area contributed by atoms with Crippen molar-refractivity contribution < 1.29 is 17.9 Å². The van der Waals surface area contributed by atoms with E-state index in [1.165, 1.54) is 23.9 Å². The normalized spacial score (nSPS) is 11.5. The van der Waals surface area contributed by atoms with Gasteiger partial charge in [-0.3, -0.25) is 4.57 Å². The minimum atomic E-state index is -4.14. The predicted octanol–water partition coefficient (Wildman–Crippen LogP) is 0.153. The first-order valence-electron chi connectivity index (χ1n) is 5.12. The number of aromatic nitrogens is 3. The van der Waals surface area contributed by atoms with E-state index in [1.54, 1.807) is 12.3 Å². The highest BCUT2D eigenvalue weighted by Gasteiger charge is 2.28. The van der Waals surface area contributed by atoms with Gasteiger partial charge in [-0.1, -0.05) is 0 Å². The van der Waals surface area contributed by atoms with Crippen molar-refractivity contribution in [1.82, 2.24) is 14.5 Å². The quantitative estimate of drug-likeness (QED) is 0.803. The molecular formula is C9H10N4O4S2. The molecule has 0 spiro atoms. The number of imidazole rings is 1. The van der Waals surface area contributed by atoms with E-state index in [1.807, 2.05) is 0 Å². The molecule has 0 amide bonds. The number of ether oxygens (including phenoxy) is 1. The lowest BCUT2D eigenvalue weighted by Crippen LogP contribution is -2.20. The Morgan fingerprint density at radius 2 is 2.26 bits per heavy atom. The van der Waals surface area contributed by atoms with Gasteiger partial charge in [0.05, 0.1) is 6.61 Å². The first-order valence-corrected chi connectivity index (χ1v) is 7.55. The van der Waals surface area contributed by atoms with E-state index in [2.05, 4.69) is 9.97 Å². The largest absolute Gasteiger partial charge is 0.461 e. The maximum Gasteiger partial charge on any atom is 0.360 e. The van der Waals surface area contributed by atoms with Crippen molar-refractivity contribution in [2.45, 2.75) is 11.9 Å². The summed E-state index contributed by atoms with van der Waals surface area (Å²) >= 11 is 1.18. The summed E-state index contributed by atoms with van der Waals surface area (Å²) < 4.78 is 29.1. The van der Waals surface area contributed by atoms with Crippen LogP contribution in [0, 0.1) is 0 Å². The number of carbonyl (C=O) groups excluding carboxylic acids is 1. The maximum absolute atomic E-state index is 11.7. The molecule has 10 heteroatoms. The average molecular weight is 302 g/mol. The molecule has 0 radical (unpaired) electrons. The molecule has 0 saturated carbocycles. The molecule has 2 rings (SSSR count). The number of hydrogen-bond acceptors (Lipinski definition) is 7. The minimum Gasteiger partial charge on any atom is -0.461 e. The van der Waals surface area contributed by atoms with Gasteiger partial charge in [-0.25, -0.2) is 28.3 Å². The number of nitrogens with zero attached hydrogens (tertiary/aromatic N) is 3. The Balaban J connectivity index is 2.62. The van der Waals surface area contributed by atoms with Crippen molar-refractivity contribution in [2.24, 2.45) is 5.14 Å². The number of esters is 1. The molecule has 2 heterocycles. The Morgan fingerprint density at radius 3 is 2.79 bits per heavy atom. The second-order valence-electron chi connectivity index (χ2n) is 3.35. The number of thiazole rings is 1. The SMILES string of the molecule is CCOC(=O)c1ncn(-c2nccs2)c1S(N)(=O)=O. The number of carbonyl (C=O) groups is 1. The molecule has 0 fully saturated rings. The van der Waals surface area contributed by atoms with Crippen LogP contribution in [0.15, 0.2) is 22.9 Å². The van der Waals surface area contributed by atoms with Gasteiger partial charge in [0.2, 0.25) is 0 Å². The number of nitrogens with two attached hydrogens (primary N) is 1. The molecule has 0 aliphatic rings. The molecule has 2 aromatic heterocycles. The van der Waals surface area contributed by atoms with Gasteiger partial charge in [0.25, 0.3) is 10.0 Å². The zero-order chi connectivity index (χ0) is 14.0. The Morgan fingerprint density at radius 1 is 1.53 bits per heavy atom. The molecule has 0 bridgehead atoms. The Hall–Kier alpha value is -1.78. The Bertz CT molecular complexity index is 690. The van der Waals surface area contributed by atoms with E-state index >= 15 is 0 Å². The van der Waals surface area contributed by atoms with Gasteiger partial charge in [0, 0.05) is 11.6 Å². The topological polar surface area (TPSA) is 117 Å². The van der Waals surface area contributed by atoms with Gasteiger partial charge in [0.15, 0.2) is 15.9 Å². The summed E-state index contributed by atoms with van der Waals surface area (Å²) in [7, 11) is -4.14. The summed E-state index contributed by atoms with van der Waals surface area (Å²) in [5, 5.41) is 6.69. The lowest BCUT2D eigenvalue weighted by Gasteiger charge is -2.04. The third-order valence-electron chi connectivity index (χ3n) is 2.09. The number of rotatable bonds is 4. The highest BCUT2D eigenvalue weighted by Crippen LogP contribution is 2.21. The number of primary sulfonamides is 1. The minimum absolute atomic E-state index is 0.104. The molecule has 8 nitrogen and oxygen atoms in total. The molecule has 0 atom stereocenters. The summed E-state index contributed by atoms with van der Waals surface area (Å²) in [6.45, 7) is 1.71. The van der Waals surface area contributed by atoms with Gasteiger partial charge < -0.3 is 4.74 Å². The summed E-state index contributed by atoms with van der Waals surface area (Å²) in [4.78, 5) is 19.4. The molecule has 0 unspecified atom stereocenters. The molecule has 102 valence electrons. The van der Waals surface area contributed by atoms with Gasteiger partial charge in [-0.2, -0.15) is 0 Å². The second kappa shape index (κ2) is 5.07. The predicted molar refractivity (Wildman–Crippen MR) is 66.6 cm³/mol. The molecule has 2 aromatic rings. The molecule has 2 N–H and O–H groups in total. The van der Waals surface area contributed by atoms with Gasteiger partial charge in [-0.05, 0) is 6.92 Å².